The summed E-state index contributed by atoms with van der Waals surface area (Å²) in [7, 11) is -1.63. The van der Waals surface area contributed by atoms with Crippen LogP contribution in [0.3, 0.4) is 0 Å². The molecule has 0 bridgehead atoms. The summed E-state index contributed by atoms with van der Waals surface area (Å²) in [6.45, 7) is 3.13. The van der Waals surface area contributed by atoms with Gasteiger partial charge in [-0.2, -0.15) is 8.42 Å². The maximum Gasteiger partial charge on any atom is 0.297 e. The fourth-order valence-electron chi connectivity index (χ4n) is 4.28. The lowest BCUT2D eigenvalue weighted by Gasteiger charge is -2.51. The topological polar surface area (TPSA) is 43.4 Å². The van der Waals surface area contributed by atoms with E-state index in [9.17, 15) is 8.42 Å². The third-order valence-electron chi connectivity index (χ3n) is 5.74. The van der Waals surface area contributed by atoms with Crippen molar-refractivity contribution in [2.75, 3.05) is 20.1 Å². The molecule has 1 saturated heterocycles. The quantitative estimate of drug-likeness (QED) is 0.399. The van der Waals surface area contributed by atoms with Gasteiger partial charge in [0.15, 0.2) is 6.10 Å². The standard InChI is InChI=1S/C24H25ClNO3S/c1-18-8-14-23(15-9-18)30(27,28)29-22-16-26(2,17-22)24(19-6-4-3-5-7-19)20-10-12-21(25)13-11-20/h3-15,22,24H,16-17H2,1-2H3/q+1. The third kappa shape index (κ3) is 4.30. The molecule has 30 heavy (non-hydrogen) atoms. The fourth-order valence-corrected chi connectivity index (χ4v) is 5.47. The molecule has 0 N–H and O–H groups in total. The van der Waals surface area contributed by atoms with Gasteiger partial charge in [0.25, 0.3) is 10.1 Å². The summed E-state index contributed by atoms with van der Waals surface area (Å²) in [5.74, 6) is 0. The largest absolute Gasteiger partial charge is 0.311 e. The number of likely N-dealkylation sites (tertiary alicyclic amines) is 1. The van der Waals surface area contributed by atoms with Crippen molar-refractivity contribution in [1.29, 1.82) is 0 Å². The second-order valence-electron chi connectivity index (χ2n) is 8.19. The monoisotopic (exact) mass is 442 g/mol. The lowest BCUT2D eigenvalue weighted by molar-refractivity contribution is -0.976. The van der Waals surface area contributed by atoms with Gasteiger partial charge in [0, 0.05) is 16.1 Å². The Morgan fingerprint density at radius 2 is 1.47 bits per heavy atom. The lowest BCUT2D eigenvalue weighted by Crippen LogP contribution is -2.66. The van der Waals surface area contributed by atoms with Crippen LogP contribution < -0.4 is 0 Å². The molecule has 1 aliphatic heterocycles. The van der Waals surface area contributed by atoms with Crippen LogP contribution in [-0.2, 0) is 14.3 Å². The second kappa shape index (κ2) is 8.16. The molecule has 0 aromatic heterocycles. The number of halogens is 1. The molecule has 0 amide bonds. The number of rotatable bonds is 6. The minimum absolute atomic E-state index is 0.0744. The van der Waals surface area contributed by atoms with E-state index in [1.54, 1.807) is 24.3 Å². The first-order valence-corrected chi connectivity index (χ1v) is 11.7. The molecule has 3 aromatic rings. The van der Waals surface area contributed by atoms with Crippen LogP contribution >= 0.6 is 11.6 Å². The Hall–Kier alpha value is -2.18. The first-order chi connectivity index (χ1) is 14.3. The Bertz CT molecular complexity index is 1110. The molecule has 1 unspecified atom stereocenters. The van der Waals surface area contributed by atoms with Crippen molar-refractivity contribution in [3.8, 4) is 0 Å². The number of likely N-dealkylation sites (N-methyl/N-ethyl adjacent to an activating group) is 1. The van der Waals surface area contributed by atoms with E-state index in [1.807, 2.05) is 49.4 Å². The normalized spacial score (nSPS) is 22.3. The molecule has 1 heterocycles. The smallest absolute Gasteiger partial charge is 0.297 e. The molecule has 3 aromatic carbocycles. The van der Waals surface area contributed by atoms with Crippen LogP contribution in [0.15, 0.2) is 83.8 Å². The summed E-state index contributed by atoms with van der Waals surface area (Å²) in [4.78, 5) is 0.200. The highest BCUT2D eigenvalue weighted by Gasteiger charge is 2.49. The van der Waals surface area contributed by atoms with E-state index >= 15 is 0 Å². The highest BCUT2D eigenvalue weighted by atomic mass is 35.5. The number of hydrogen-bond donors (Lipinski definition) is 0. The Balaban J connectivity index is 1.55. The van der Waals surface area contributed by atoms with Crippen molar-refractivity contribution < 1.29 is 17.1 Å². The van der Waals surface area contributed by atoms with E-state index in [-0.39, 0.29) is 17.0 Å². The number of aryl methyl sites for hydroxylation is 1. The van der Waals surface area contributed by atoms with Gasteiger partial charge >= 0.3 is 0 Å². The van der Waals surface area contributed by atoms with Crippen molar-refractivity contribution in [3.05, 3.63) is 101 Å². The maximum atomic E-state index is 12.7. The summed E-state index contributed by atoms with van der Waals surface area (Å²) < 4.78 is 31.6. The molecule has 0 radical (unpaired) electrons. The zero-order valence-corrected chi connectivity index (χ0v) is 18.6. The highest BCUT2D eigenvalue weighted by Crippen LogP contribution is 2.40. The van der Waals surface area contributed by atoms with E-state index < -0.39 is 10.1 Å². The number of nitrogens with zero attached hydrogens (tertiary/aromatic N) is 1. The molecular formula is C24H25ClNO3S+. The van der Waals surface area contributed by atoms with Gasteiger partial charge < -0.3 is 4.48 Å². The van der Waals surface area contributed by atoms with Gasteiger partial charge in [0.05, 0.1) is 11.9 Å². The van der Waals surface area contributed by atoms with E-state index in [0.29, 0.717) is 22.6 Å². The molecule has 1 atom stereocenters. The van der Waals surface area contributed by atoms with Crippen molar-refractivity contribution >= 4 is 21.7 Å². The predicted octanol–water partition coefficient (Wildman–Crippen LogP) is 4.97. The van der Waals surface area contributed by atoms with Crippen LogP contribution in [0.1, 0.15) is 22.7 Å². The molecule has 1 aliphatic rings. The summed E-state index contributed by atoms with van der Waals surface area (Å²) in [5, 5.41) is 0.697. The van der Waals surface area contributed by atoms with E-state index in [1.165, 1.54) is 5.56 Å². The van der Waals surface area contributed by atoms with Crippen molar-refractivity contribution in [3.63, 3.8) is 0 Å². The van der Waals surface area contributed by atoms with Crippen molar-refractivity contribution in [2.24, 2.45) is 0 Å². The summed E-state index contributed by atoms with van der Waals surface area (Å²) in [6, 6.07) is 25.0. The van der Waals surface area contributed by atoms with Gasteiger partial charge in [-0.05, 0) is 31.2 Å². The van der Waals surface area contributed by atoms with E-state index in [2.05, 4.69) is 19.2 Å². The summed E-state index contributed by atoms with van der Waals surface area (Å²) in [5.41, 5.74) is 3.34. The second-order valence-corrected chi connectivity index (χ2v) is 10.2. The summed E-state index contributed by atoms with van der Waals surface area (Å²) >= 11 is 6.10. The number of benzene rings is 3. The third-order valence-corrected chi connectivity index (χ3v) is 7.37. The summed E-state index contributed by atoms with van der Waals surface area (Å²) in [6.07, 6.45) is -0.347. The van der Waals surface area contributed by atoms with Crippen molar-refractivity contribution in [1.82, 2.24) is 0 Å². The van der Waals surface area contributed by atoms with Gasteiger partial charge in [-0.15, -0.1) is 0 Å². The molecule has 156 valence electrons. The average molecular weight is 443 g/mol. The molecule has 6 heteroatoms. The predicted molar refractivity (Wildman–Crippen MR) is 119 cm³/mol. The van der Waals surface area contributed by atoms with Gasteiger partial charge in [-0.1, -0.05) is 71.8 Å². The first kappa shape index (κ1) is 21.1. The molecule has 4 nitrogen and oxygen atoms in total. The van der Waals surface area contributed by atoms with Gasteiger partial charge in [-0.25, -0.2) is 0 Å². The maximum absolute atomic E-state index is 12.7. The Kier molecular flexibility index (Phi) is 5.73. The van der Waals surface area contributed by atoms with E-state index in [0.717, 1.165) is 11.1 Å². The van der Waals surface area contributed by atoms with Crippen LogP contribution in [0, 0.1) is 6.92 Å². The van der Waals surface area contributed by atoms with Crippen LogP contribution in [0.4, 0.5) is 0 Å². The first-order valence-electron chi connectivity index (χ1n) is 9.91. The van der Waals surface area contributed by atoms with Crippen LogP contribution in [-0.4, -0.2) is 39.1 Å². The Morgan fingerprint density at radius 3 is 2.07 bits per heavy atom. The molecule has 0 saturated carbocycles. The Morgan fingerprint density at radius 1 is 0.900 bits per heavy atom. The zero-order chi connectivity index (χ0) is 21.4. The lowest BCUT2D eigenvalue weighted by atomic mass is 9.91. The zero-order valence-electron chi connectivity index (χ0n) is 17.0. The van der Waals surface area contributed by atoms with Gasteiger partial charge in [0.1, 0.15) is 19.1 Å². The average Bonchev–Trinajstić information content (AvgIpc) is 2.69. The molecule has 0 aliphatic carbocycles. The van der Waals surface area contributed by atoms with Gasteiger partial charge in [0.2, 0.25) is 0 Å². The minimum atomic E-state index is -3.78. The number of hydrogen-bond acceptors (Lipinski definition) is 3. The minimum Gasteiger partial charge on any atom is -0.311 e. The fraction of sp³-hybridized carbons (Fsp3) is 0.250. The molecule has 0 spiro atoms. The molecule has 1 fully saturated rings. The van der Waals surface area contributed by atoms with Crippen LogP contribution in [0.25, 0.3) is 0 Å². The van der Waals surface area contributed by atoms with Crippen LogP contribution in [0.5, 0.6) is 0 Å². The van der Waals surface area contributed by atoms with E-state index in [4.69, 9.17) is 15.8 Å². The SMILES string of the molecule is Cc1ccc(S(=O)(=O)OC2C[N+](C)(C(c3ccccc3)c3ccc(Cl)cc3)C2)cc1. The highest BCUT2D eigenvalue weighted by molar-refractivity contribution is 7.86. The van der Waals surface area contributed by atoms with Crippen LogP contribution in [0.2, 0.25) is 5.02 Å². The van der Waals surface area contributed by atoms with Crippen molar-refractivity contribution in [2.45, 2.75) is 24.0 Å². The number of quaternary nitrogens is 1. The van der Waals surface area contributed by atoms with Gasteiger partial charge in [-0.3, -0.25) is 4.18 Å². The molecule has 4 rings (SSSR count). The molecular weight excluding hydrogens is 418 g/mol. The Labute approximate surface area is 183 Å².